The predicted octanol–water partition coefficient (Wildman–Crippen LogP) is 4.19. The van der Waals surface area contributed by atoms with Crippen LogP contribution in [-0.2, 0) is 0 Å². The largest absolute Gasteiger partial charge is 0.452 e. The molecule has 1 aromatic heterocycles. The number of halogens is 1. The van der Waals surface area contributed by atoms with Crippen LogP contribution in [0.3, 0.4) is 0 Å². The summed E-state index contributed by atoms with van der Waals surface area (Å²) >= 11 is 3.22. The minimum atomic E-state index is -0.827. The van der Waals surface area contributed by atoms with Gasteiger partial charge in [0.25, 0.3) is 0 Å². The van der Waals surface area contributed by atoms with Gasteiger partial charge in [-0.05, 0) is 59.7 Å². The monoisotopic (exact) mass is 311 g/mol. The number of hydrogen-bond acceptors (Lipinski definition) is 3. The van der Waals surface area contributed by atoms with E-state index in [2.05, 4.69) is 28.9 Å². The van der Waals surface area contributed by atoms with E-state index in [1.807, 2.05) is 0 Å². The third-order valence-electron chi connectivity index (χ3n) is 4.18. The van der Waals surface area contributed by atoms with Crippen LogP contribution in [0.5, 0.6) is 0 Å². The minimum Gasteiger partial charge on any atom is -0.452 e. The molecule has 0 aromatic carbocycles. The summed E-state index contributed by atoms with van der Waals surface area (Å²) < 4.78 is 5.98. The Labute approximate surface area is 116 Å². The van der Waals surface area contributed by atoms with Crippen LogP contribution in [0.25, 0.3) is 0 Å². The van der Waals surface area contributed by atoms with Crippen molar-refractivity contribution >= 4 is 15.9 Å². The van der Waals surface area contributed by atoms with Gasteiger partial charge in [-0.1, -0.05) is 13.3 Å². The Hall–Kier alpha value is -0.790. The van der Waals surface area contributed by atoms with E-state index < -0.39 is 11.5 Å². The van der Waals surface area contributed by atoms with Crippen LogP contribution in [0.1, 0.15) is 50.9 Å². The summed E-state index contributed by atoms with van der Waals surface area (Å²) in [5, 5.41) is 19.9. The summed E-state index contributed by atoms with van der Waals surface area (Å²) in [6.45, 7) is 2.18. The van der Waals surface area contributed by atoms with Crippen molar-refractivity contribution in [3.05, 3.63) is 22.6 Å². The molecule has 18 heavy (non-hydrogen) atoms. The third kappa shape index (κ3) is 2.48. The molecule has 1 atom stereocenters. The minimum absolute atomic E-state index is 0.485. The second-order valence-corrected chi connectivity index (χ2v) is 5.95. The SMILES string of the molecule is CCC1CCC(C#N)(C(O)c2ccc(Br)o2)CC1. The fourth-order valence-electron chi connectivity index (χ4n) is 2.79. The zero-order valence-corrected chi connectivity index (χ0v) is 12.1. The van der Waals surface area contributed by atoms with Gasteiger partial charge in [0.1, 0.15) is 11.9 Å². The molecule has 0 bridgehead atoms. The summed E-state index contributed by atoms with van der Waals surface area (Å²) in [5.41, 5.74) is -0.678. The second kappa shape index (κ2) is 5.46. The predicted molar refractivity (Wildman–Crippen MR) is 71.7 cm³/mol. The Morgan fingerprint density at radius 1 is 1.56 bits per heavy atom. The fourth-order valence-corrected chi connectivity index (χ4v) is 3.11. The second-order valence-electron chi connectivity index (χ2n) is 5.16. The lowest BCUT2D eigenvalue weighted by Gasteiger charge is -2.37. The number of nitrogens with zero attached hydrogens (tertiary/aromatic N) is 1. The summed E-state index contributed by atoms with van der Waals surface area (Å²) in [5.74, 6) is 1.18. The van der Waals surface area contributed by atoms with Crippen LogP contribution in [0.15, 0.2) is 21.2 Å². The van der Waals surface area contributed by atoms with Crippen molar-refractivity contribution in [3.8, 4) is 6.07 Å². The average Bonchev–Trinajstić information content (AvgIpc) is 2.84. The average molecular weight is 312 g/mol. The molecule has 1 N–H and O–H groups in total. The van der Waals surface area contributed by atoms with E-state index in [0.717, 1.165) is 32.1 Å². The first-order valence-electron chi connectivity index (χ1n) is 6.46. The van der Waals surface area contributed by atoms with Crippen molar-refractivity contribution in [3.63, 3.8) is 0 Å². The van der Waals surface area contributed by atoms with E-state index in [1.165, 1.54) is 0 Å². The number of aliphatic hydroxyl groups is 1. The smallest absolute Gasteiger partial charge is 0.169 e. The van der Waals surface area contributed by atoms with E-state index >= 15 is 0 Å². The highest BCUT2D eigenvalue weighted by Gasteiger charge is 2.43. The Bertz CT molecular complexity index is 441. The van der Waals surface area contributed by atoms with Gasteiger partial charge in [-0.3, -0.25) is 0 Å². The lowest BCUT2D eigenvalue weighted by Crippen LogP contribution is -2.32. The molecule has 1 aliphatic carbocycles. The van der Waals surface area contributed by atoms with Crippen molar-refractivity contribution in [1.29, 1.82) is 5.26 Å². The first-order valence-corrected chi connectivity index (χ1v) is 7.25. The Balaban J connectivity index is 2.16. The zero-order chi connectivity index (χ0) is 13.2. The third-order valence-corrected chi connectivity index (χ3v) is 4.61. The Morgan fingerprint density at radius 2 is 2.22 bits per heavy atom. The van der Waals surface area contributed by atoms with E-state index in [0.29, 0.717) is 16.3 Å². The molecule has 1 heterocycles. The van der Waals surface area contributed by atoms with Crippen LogP contribution in [0, 0.1) is 22.7 Å². The van der Waals surface area contributed by atoms with Gasteiger partial charge in [0, 0.05) is 0 Å². The maximum absolute atomic E-state index is 10.4. The molecule has 2 rings (SSSR count). The summed E-state index contributed by atoms with van der Waals surface area (Å²) in [6, 6.07) is 5.83. The van der Waals surface area contributed by atoms with Crippen molar-refractivity contribution < 1.29 is 9.52 Å². The molecule has 1 fully saturated rings. The van der Waals surface area contributed by atoms with Crippen LogP contribution in [0.4, 0.5) is 0 Å². The molecule has 3 nitrogen and oxygen atoms in total. The van der Waals surface area contributed by atoms with Crippen molar-refractivity contribution in [2.24, 2.45) is 11.3 Å². The summed E-state index contributed by atoms with van der Waals surface area (Å²) in [6.07, 6.45) is 3.87. The number of hydrogen-bond donors (Lipinski definition) is 1. The number of rotatable bonds is 3. The molecule has 0 saturated heterocycles. The Morgan fingerprint density at radius 3 is 2.67 bits per heavy atom. The molecular formula is C14H18BrNO2. The van der Waals surface area contributed by atoms with Crippen molar-refractivity contribution in [2.75, 3.05) is 0 Å². The lowest BCUT2D eigenvalue weighted by molar-refractivity contribution is 0.00906. The molecule has 1 saturated carbocycles. The fraction of sp³-hybridized carbons (Fsp3) is 0.643. The first-order chi connectivity index (χ1) is 8.61. The normalized spacial score (nSPS) is 29.8. The maximum atomic E-state index is 10.4. The number of furan rings is 1. The maximum Gasteiger partial charge on any atom is 0.169 e. The first kappa shape index (κ1) is 13.6. The quantitative estimate of drug-likeness (QED) is 0.910. The highest BCUT2D eigenvalue weighted by Crippen LogP contribution is 2.48. The van der Waals surface area contributed by atoms with Crippen LogP contribution < -0.4 is 0 Å². The van der Waals surface area contributed by atoms with Gasteiger partial charge < -0.3 is 9.52 Å². The standard InChI is InChI=1S/C14H18BrNO2/c1-2-10-5-7-14(9-16,8-6-10)13(17)11-3-4-12(15)18-11/h3-4,10,13,17H,2,5-8H2,1H3. The number of nitriles is 1. The molecule has 98 valence electrons. The van der Waals surface area contributed by atoms with E-state index in [-0.39, 0.29) is 0 Å². The Kier molecular flexibility index (Phi) is 4.14. The van der Waals surface area contributed by atoms with Gasteiger partial charge in [-0.25, -0.2) is 0 Å². The van der Waals surface area contributed by atoms with Crippen LogP contribution in [-0.4, -0.2) is 5.11 Å². The summed E-state index contributed by atoms with van der Waals surface area (Å²) in [7, 11) is 0. The van der Waals surface area contributed by atoms with E-state index in [9.17, 15) is 10.4 Å². The van der Waals surface area contributed by atoms with Gasteiger partial charge in [0.05, 0.1) is 11.5 Å². The highest BCUT2D eigenvalue weighted by molar-refractivity contribution is 9.10. The molecule has 0 amide bonds. The van der Waals surface area contributed by atoms with Gasteiger partial charge in [0.2, 0.25) is 0 Å². The molecule has 1 aliphatic rings. The van der Waals surface area contributed by atoms with Gasteiger partial charge in [-0.15, -0.1) is 0 Å². The molecule has 1 unspecified atom stereocenters. The van der Waals surface area contributed by atoms with Gasteiger partial charge in [-0.2, -0.15) is 5.26 Å². The van der Waals surface area contributed by atoms with Crippen LogP contribution in [0.2, 0.25) is 0 Å². The lowest BCUT2D eigenvalue weighted by atomic mass is 9.67. The molecule has 0 spiro atoms. The van der Waals surface area contributed by atoms with E-state index in [4.69, 9.17) is 4.42 Å². The zero-order valence-electron chi connectivity index (χ0n) is 10.5. The molecule has 0 radical (unpaired) electrons. The van der Waals surface area contributed by atoms with Crippen molar-refractivity contribution in [1.82, 2.24) is 0 Å². The van der Waals surface area contributed by atoms with Crippen LogP contribution >= 0.6 is 15.9 Å². The topological polar surface area (TPSA) is 57.2 Å². The van der Waals surface area contributed by atoms with Gasteiger partial charge in [0.15, 0.2) is 4.67 Å². The highest BCUT2D eigenvalue weighted by atomic mass is 79.9. The molecule has 0 aliphatic heterocycles. The van der Waals surface area contributed by atoms with E-state index in [1.54, 1.807) is 12.1 Å². The molecule has 1 aromatic rings. The molecular weight excluding hydrogens is 294 g/mol. The number of aliphatic hydroxyl groups excluding tert-OH is 1. The summed E-state index contributed by atoms with van der Waals surface area (Å²) in [4.78, 5) is 0. The molecule has 4 heteroatoms. The van der Waals surface area contributed by atoms with Crippen molar-refractivity contribution in [2.45, 2.75) is 45.1 Å². The van der Waals surface area contributed by atoms with Gasteiger partial charge >= 0.3 is 0 Å².